The van der Waals surface area contributed by atoms with Crippen molar-refractivity contribution < 1.29 is 42.5 Å². The van der Waals surface area contributed by atoms with Crippen LogP contribution in [0.5, 0.6) is 0 Å². The number of carboxylic acids is 4. The molecule has 0 radical (unpaired) electrons. The summed E-state index contributed by atoms with van der Waals surface area (Å²) in [7, 11) is 0. The Balaban J connectivity index is -0.0000000377. The summed E-state index contributed by atoms with van der Waals surface area (Å²) in [5.41, 5.74) is 11.0. The van der Waals surface area contributed by atoms with Crippen LogP contribution in [0, 0.1) is 0 Å². The van der Waals surface area contributed by atoms with Crippen molar-refractivity contribution in [2.24, 2.45) is 11.5 Å². The van der Waals surface area contributed by atoms with Crippen molar-refractivity contribution in [3.8, 4) is 0 Å². The van der Waals surface area contributed by atoms with E-state index in [0.717, 1.165) is 40.5 Å². The van der Waals surface area contributed by atoms with Gasteiger partial charge in [-0.05, 0) is 12.8 Å². The van der Waals surface area contributed by atoms with Gasteiger partial charge in [-0.2, -0.15) is 0 Å². The molecule has 25 heavy (non-hydrogen) atoms. The van der Waals surface area contributed by atoms with Crippen LogP contribution in [0.4, 0.5) is 0 Å². The van der Waals surface area contributed by atoms with E-state index >= 15 is 0 Å². The van der Waals surface area contributed by atoms with Crippen molar-refractivity contribution in [3.63, 3.8) is 0 Å². The zero-order valence-corrected chi connectivity index (χ0v) is 17.5. The quantitative estimate of drug-likeness (QED) is 0.251. The zero-order chi connectivity index (χ0) is 20.3. The van der Waals surface area contributed by atoms with Gasteiger partial charge in [-0.15, -0.1) is 0 Å². The van der Waals surface area contributed by atoms with Crippen LogP contribution in [0.2, 0.25) is 0 Å². The summed E-state index contributed by atoms with van der Waals surface area (Å²) in [6.45, 7) is 4.33. The van der Waals surface area contributed by atoms with Gasteiger partial charge in [0.2, 0.25) is 0 Å². The van der Waals surface area contributed by atoms with Crippen molar-refractivity contribution >= 4 is 61.6 Å². The number of carboxylic acid groups (broad SMARTS) is 4. The largest absolute Gasteiger partial charge is 2.00 e. The van der Waals surface area contributed by atoms with Crippen LogP contribution in [0.1, 0.15) is 62.7 Å². The third kappa shape index (κ3) is 125. The van der Waals surface area contributed by atoms with E-state index in [0.29, 0.717) is 0 Å². The van der Waals surface area contributed by atoms with Gasteiger partial charge in [0.1, 0.15) is 0 Å². The van der Waals surface area contributed by atoms with Crippen LogP contribution in [-0.2, 0) is 19.2 Å². The van der Waals surface area contributed by atoms with Gasteiger partial charge in [0.25, 0.3) is 23.9 Å². The fourth-order valence-corrected chi connectivity index (χ4v) is 1.21. The summed E-state index contributed by atoms with van der Waals surface area (Å²) < 4.78 is 0. The number of aliphatic carboxylic acids is 4. The van der Waals surface area contributed by atoms with Crippen molar-refractivity contribution in [1.82, 2.24) is 0 Å². The van der Waals surface area contributed by atoms with Crippen LogP contribution >= 0.6 is 0 Å². The SMILES string of the molecule is CC(=O)O.CC(=O)O.CC(=O)O.CC(=O)O.NC1(N)CCCCC1.[Ca+2].[H-].[H-]. The van der Waals surface area contributed by atoms with Gasteiger partial charge in [0, 0.05) is 27.7 Å². The van der Waals surface area contributed by atoms with Gasteiger partial charge in [-0.1, -0.05) is 19.3 Å². The third-order valence-electron chi connectivity index (χ3n) is 1.78. The predicted molar refractivity (Wildman–Crippen MR) is 95.4 cm³/mol. The Kier molecular flexibility index (Phi) is 32.5. The molecule has 0 aromatic carbocycles. The second-order valence-electron chi connectivity index (χ2n) is 4.87. The minimum absolute atomic E-state index is 0. The van der Waals surface area contributed by atoms with Gasteiger partial charge in [-0.25, -0.2) is 0 Å². The Morgan fingerprint density at radius 1 is 0.680 bits per heavy atom. The standard InChI is InChI=1S/C6H14N2.4C2H4O2.Ca.2H/c7-6(8)4-2-1-3-5-6;4*1-2(3)4;;;/h1-5,7-8H2;4*1H3,(H,3,4);;;/q;;;;;+2;2*-1. The summed E-state index contributed by atoms with van der Waals surface area (Å²) in [6, 6.07) is 0. The monoisotopic (exact) mass is 396 g/mol. The summed E-state index contributed by atoms with van der Waals surface area (Å²) in [5, 5.41) is 29.7. The molecule has 11 heteroatoms. The summed E-state index contributed by atoms with van der Waals surface area (Å²) in [5.74, 6) is -3.33. The minimum Gasteiger partial charge on any atom is -1.00 e. The maximum atomic E-state index is 9.00. The molecule has 0 spiro atoms. The van der Waals surface area contributed by atoms with E-state index in [1.807, 2.05) is 0 Å². The first-order valence-corrected chi connectivity index (χ1v) is 7.00. The van der Waals surface area contributed by atoms with Crippen molar-refractivity contribution in [2.75, 3.05) is 0 Å². The first-order valence-electron chi connectivity index (χ1n) is 7.00. The van der Waals surface area contributed by atoms with E-state index in [1.54, 1.807) is 0 Å². The molecule has 1 aliphatic rings. The van der Waals surface area contributed by atoms with Gasteiger partial charge in [0.15, 0.2) is 0 Å². The van der Waals surface area contributed by atoms with Crippen molar-refractivity contribution in [3.05, 3.63) is 0 Å². The van der Waals surface area contributed by atoms with E-state index < -0.39 is 23.9 Å². The minimum atomic E-state index is -0.833. The first kappa shape index (κ1) is 35.2. The number of hydrogen-bond acceptors (Lipinski definition) is 6. The number of nitrogens with two attached hydrogens (primary N) is 2. The molecule has 148 valence electrons. The molecule has 0 saturated heterocycles. The smallest absolute Gasteiger partial charge is 1.00 e. The molecule has 1 saturated carbocycles. The Hall–Kier alpha value is -0.940. The van der Waals surface area contributed by atoms with E-state index in [-0.39, 0.29) is 46.3 Å². The molecule has 0 aromatic rings. The maximum Gasteiger partial charge on any atom is 2.00 e. The topological polar surface area (TPSA) is 201 Å². The molecule has 0 unspecified atom stereocenters. The molecule has 0 bridgehead atoms. The van der Waals surface area contributed by atoms with Gasteiger partial charge in [0.05, 0.1) is 5.66 Å². The first-order chi connectivity index (χ1) is 10.6. The Labute approximate surface area is 180 Å². The average molecular weight is 396 g/mol. The summed E-state index contributed by atoms with van der Waals surface area (Å²) >= 11 is 0. The molecule has 10 nitrogen and oxygen atoms in total. The second-order valence-corrected chi connectivity index (χ2v) is 4.87. The molecule has 0 atom stereocenters. The summed E-state index contributed by atoms with van der Waals surface area (Å²) in [4.78, 5) is 36.0. The van der Waals surface area contributed by atoms with Crippen molar-refractivity contribution in [2.45, 2.75) is 65.5 Å². The molecule has 1 aliphatic carbocycles. The van der Waals surface area contributed by atoms with Gasteiger partial charge >= 0.3 is 37.7 Å². The fraction of sp³-hybridized carbons (Fsp3) is 0.714. The maximum absolute atomic E-state index is 9.00. The average Bonchev–Trinajstić information content (AvgIpc) is 2.24. The zero-order valence-electron chi connectivity index (χ0n) is 17.3. The summed E-state index contributed by atoms with van der Waals surface area (Å²) in [6.07, 6.45) is 5.76. The normalized spacial score (nSPS) is 12.9. The molecule has 0 aromatic heterocycles. The van der Waals surface area contributed by atoms with Gasteiger partial charge in [-0.3, -0.25) is 19.2 Å². The van der Waals surface area contributed by atoms with Crippen LogP contribution < -0.4 is 11.5 Å². The predicted octanol–water partition coefficient (Wildman–Crippen LogP) is 0.772. The Morgan fingerprint density at radius 3 is 0.920 bits per heavy atom. The van der Waals surface area contributed by atoms with E-state index in [1.165, 1.54) is 19.3 Å². The Bertz CT molecular complexity index is 314. The van der Waals surface area contributed by atoms with Crippen LogP contribution in [0.25, 0.3) is 0 Å². The van der Waals surface area contributed by atoms with Crippen LogP contribution in [-0.4, -0.2) is 87.7 Å². The molecule has 0 amide bonds. The van der Waals surface area contributed by atoms with Crippen LogP contribution in [0.3, 0.4) is 0 Å². The van der Waals surface area contributed by atoms with Crippen LogP contribution in [0.15, 0.2) is 0 Å². The molecular weight excluding hydrogens is 364 g/mol. The van der Waals surface area contributed by atoms with E-state index in [4.69, 9.17) is 51.1 Å². The second kappa shape index (κ2) is 23.1. The fourth-order valence-electron chi connectivity index (χ4n) is 1.21. The number of rotatable bonds is 0. The molecular formula is C14H32CaN2O8. The Morgan fingerprint density at radius 2 is 0.840 bits per heavy atom. The number of hydrogen-bond donors (Lipinski definition) is 6. The molecule has 8 N–H and O–H groups in total. The molecule has 1 rings (SSSR count). The van der Waals surface area contributed by atoms with Crippen molar-refractivity contribution in [1.29, 1.82) is 0 Å². The number of carbonyl (C=O) groups is 4. The van der Waals surface area contributed by atoms with E-state index in [9.17, 15) is 0 Å². The molecule has 0 heterocycles. The molecule has 1 fully saturated rings. The molecule has 0 aliphatic heterocycles. The van der Waals surface area contributed by atoms with E-state index in [2.05, 4.69) is 0 Å². The van der Waals surface area contributed by atoms with Gasteiger partial charge < -0.3 is 34.7 Å². The third-order valence-corrected chi connectivity index (χ3v) is 1.78.